The van der Waals surface area contributed by atoms with Gasteiger partial charge in [0.2, 0.25) is 0 Å². The summed E-state index contributed by atoms with van der Waals surface area (Å²) in [4.78, 5) is 23.9. The molecule has 0 spiro atoms. The molecule has 0 saturated heterocycles. The first-order valence-electron chi connectivity index (χ1n) is 13.5. The summed E-state index contributed by atoms with van der Waals surface area (Å²) >= 11 is 0. The fourth-order valence-electron chi connectivity index (χ4n) is 9.73. The summed E-state index contributed by atoms with van der Waals surface area (Å²) in [6.07, 6.45) is 13.4. The Morgan fingerprint density at radius 2 is 1.59 bits per heavy atom. The van der Waals surface area contributed by atoms with Crippen molar-refractivity contribution in [2.24, 2.45) is 45.3 Å². The maximum Gasteiger partial charge on any atom is 0.331 e. The van der Waals surface area contributed by atoms with Gasteiger partial charge in [-0.3, -0.25) is 4.79 Å². The molecular formula is C30H46O4. The molecule has 4 aliphatic rings. The van der Waals surface area contributed by atoms with Crippen molar-refractivity contribution in [3.8, 4) is 0 Å². The molecular weight excluding hydrogens is 424 g/mol. The second kappa shape index (κ2) is 8.05. The van der Waals surface area contributed by atoms with Crippen molar-refractivity contribution in [3.05, 3.63) is 23.8 Å². The van der Waals surface area contributed by atoms with Gasteiger partial charge >= 0.3 is 5.97 Å². The lowest BCUT2D eigenvalue weighted by Crippen LogP contribution is -2.70. The molecule has 4 heteroatoms. The Balaban J connectivity index is 1.64. The third-order valence-corrected chi connectivity index (χ3v) is 12.2. The predicted octanol–water partition coefficient (Wildman–Crippen LogP) is 6.58. The Bertz CT molecular complexity index is 930. The number of carbonyl (C=O) groups excluding carboxylic acids is 1. The van der Waals surface area contributed by atoms with Crippen LogP contribution in [0, 0.1) is 45.3 Å². The van der Waals surface area contributed by atoms with E-state index in [1.54, 1.807) is 13.0 Å². The fourth-order valence-corrected chi connectivity index (χ4v) is 9.73. The van der Waals surface area contributed by atoms with Crippen molar-refractivity contribution in [3.63, 3.8) is 0 Å². The van der Waals surface area contributed by atoms with Gasteiger partial charge in [-0.05, 0) is 86.4 Å². The molecule has 0 aromatic carbocycles. The second-order valence-corrected chi connectivity index (χ2v) is 13.5. The highest BCUT2D eigenvalue weighted by Crippen LogP contribution is 2.75. The molecule has 4 fully saturated rings. The molecule has 0 amide bonds. The van der Waals surface area contributed by atoms with Gasteiger partial charge in [0.05, 0.1) is 5.60 Å². The minimum Gasteiger partial charge on any atom is -0.478 e. The maximum atomic E-state index is 12.8. The number of carbonyl (C=O) groups is 2. The third-order valence-electron chi connectivity index (χ3n) is 12.2. The molecule has 4 aliphatic carbocycles. The van der Waals surface area contributed by atoms with E-state index in [0.717, 1.165) is 44.9 Å². The van der Waals surface area contributed by atoms with E-state index < -0.39 is 11.6 Å². The number of ketones is 1. The van der Waals surface area contributed by atoms with Gasteiger partial charge < -0.3 is 10.2 Å². The minimum absolute atomic E-state index is 0.0686. The minimum atomic E-state index is -0.874. The van der Waals surface area contributed by atoms with Crippen LogP contribution in [0.1, 0.15) is 99.8 Å². The van der Waals surface area contributed by atoms with Gasteiger partial charge in [-0.15, -0.1) is 0 Å². The topological polar surface area (TPSA) is 74.6 Å². The van der Waals surface area contributed by atoms with Gasteiger partial charge in [-0.25, -0.2) is 4.79 Å². The molecule has 2 N–H and O–H groups in total. The Morgan fingerprint density at radius 3 is 2.24 bits per heavy atom. The first kappa shape index (κ1) is 25.7. The second-order valence-electron chi connectivity index (χ2n) is 13.5. The summed E-state index contributed by atoms with van der Waals surface area (Å²) < 4.78 is 0. The number of carboxylic acids is 1. The summed E-state index contributed by atoms with van der Waals surface area (Å²) in [7, 11) is 0. The highest BCUT2D eigenvalue weighted by molar-refractivity contribution is 5.86. The van der Waals surface area contributed by atoms with Crippen LogP contribution in [0.5, 0.6) is 0 Å². The lowest BCUT2D eigenvalue weighted by molar-refractivity contribution is -0.269. The van der Waals surface area contributed by atoms with Gasteiger partial charge in [0.25, 0.3) is 0 Å². The molecule has 4 rings (SSSR count). The third kappa shape index (κ3) is 3.26. The van der Waals surface area contributed by atoms with E-state index >= 15 is 0 Å². The number of carboxylic acid groups (broad SMARTS) is 1. The van der Waals surface area contributed by atoms with Gasteiger partial charge in [0, 0.05) is 22.8 Å². The number of rotatable bonds is 4. The molecule has 34 heavy (non-hydrogen) atoms. The van der Waals surface area contributed by atoms with Crippen LogP contribution in [-0.4, -0.2) is 27.6 Å². The van der Waals surface area contributed by atoms with Crippen molar-refractivity contribution in [1.82, 2.24) is 0 Å². The van der Waals surface area contributed by atoms with Crippen molar-refractivity contribution in [2.45, 2.75) is 105 Å². The average Bonchev–Trinajstić information content (AvgIpc) is 3.03. The molecule has 4 saturated carbocycles. The Kier molecular flexibility index (Phi) is 6.07. The van der Waals surface area contributed by atoms with Crippen LogP contribution in [0.25, 0.3) is 0 Å². The van der Waals surface area contributed by atoms with Crippen LogP contribution < -0.4 is 0 Å². The fraction of sp³-hybridized carbons (Fsp3) is 0.800. The zero-order chi connectivity index (χ0) is 25.3. The van der Waals surface area contributed by atoms with Crippen molar-refractivity contribution in [2.75, 3.05) is 0 Å². The Morgan fingerprint density at radius 1 is 0.941 bits per heavy atom. The molecule has 4 nitrogen and oxygen atoms in total. The summed E-state index contributed by atoms with van der Waals surface area (Å²) in [6.45, 7) is 15.4. The zero-order valence-electron chi connectivity index (χ0n) is 22.4. The molecule has 0 unspecified atom stereocenters. The number of aliphatic carboxylic acids is 1. The zero-order valence-corrected chi connectivity index (χ0v) is 22.4. The highest BCUT2D eigenvalue weighted by atomic mass is 16.4. The number of hydrogen-bond donors (Lipinski definition) is 2. The van der Waals surface area contributed by atoms with Gasteiger partial charge in [0.15, 0.2) is 0 Å². The van der Waals surface area contributed by atoms with E-state index in [9.17, 15) is 14.7 Å². The Hall–Kier alpha value is -1.42. The van der Waals surface area contributed by atoms with Crippen LogP contribution in [0.4, 0.5) is 0 Å². The average molecular weight is 471 g/mol. The van der Waals surface area contributed by atoms with E-state index in [1.807, 2.05) is 6.08 Å². The lowest BCUT2D eigenvalue weighted by atomic mass is 9.36. The van der Waals surface area contributed by atoms with Crippen molar-refractivity contribution < 1.29 is 19.8 Å². The van der Waals surface area contributed by atoms with Crippen LogP contribution in [0.2, 0.25) is 0 Å². The summed E-state index contributed by atoms with van der Waals surface area (Å²) in [5.41, 5.74) is -0.707. The first-order chi connectivity index (χ1) is 15.6. The molecule has 0 radical (unpaired) electrons. The standard InChI is InChI=1S/C30H46O4/c1-19(9-8-10-20(2)25(32)33)21-13-15-28(6)23-12-11-22-26(3,4)24(31)14-16-29(22,7)30(23,34)18-17-27(21,28)5/h8-10,19,21-23,34H,11-18H2,1-7H3,(H,32,33)/b9-8+,20-10+/t19-,21-,22+,23+,27-,28+,29+,30-/m1/s1. The maximum absolute atomic E-state index is 12.8. The highest BCUT2D eigenvalue weighted by Gasteiger charge is 2.72. The van der Waals surface area contributed by atoms with Crippen molar-refractivity contribution >= 4 is 11.8 Å². The van der Waals surface area contributed by atoms with E-state index in [1.165, 1.54) is 0 Å². The largest absolute Gasteiger partial charge is 0.478 e. The Labute approximate surface area is 206 Å². The molecule has 0 bridgehead atoms. The van der Waals surface area contributed by atoms with Crippen LogP contribution >= 0.6 is 0 Å². The van der Waals surface area contributed by atoms with Crippen LogP contribution in [0.15, 0.2) is 23.8 Å². The molecule has 0 aliphatic heterocycles. The van der Waals surface area contributed by atoms with Gasteiger partial charge in [-0.1, -0.05) is 59.8 Å². The molecule has 0 heterocycles. The molecule has 0 aromatic heterocycles. The molecule has 8 atom stereocenters. The van der Waals surface area contributed by atoms with Crippen molar-refractivity contribution in [1.29, 1.82) is 0 Å². The van der Waals surface area contributed by atoms with Gasteiger partial charge in [0.1, 0.15) is 5.78 Å². The number of aliphatic hydroxyl groups is 1. The SMILES string of the molecule is C/C(=C\C=C\[C@@H](C)[C@H]1CC[C@@]2(C)[C@@H]3CC[C@H]4C(C)(C)C(=O)CC[C@]4(C)[C@@]3(O)CC[C@]12C)C(=O)O. The summed E-state index contributed by atoms with van der Waals surface area (Å²) in [5, 5.41) is 21.7. The summed E-state index contributed by atoms with van der Waals surface area (Å²) in [6, 6.07) is 0. The predicted molar refractivity (Wildman–Crippen MR) is 135 cm³/mol. The number of allylic oxidation sites excluding steroid dienone is 3. The quantitative estimate of drug-likeness (QED) is 0.359. The number of Topliss-reactive ketones (excluding diaryl/α,β-unsaturated/α-hetero) is 1. The van der Waals surface area contributed by atoms with E-state index in [2.05, 4.69) is 47.6 Å². The van der Waals surface area contributed by atoms with E-state index in [4.69, 9.17) is 5.11 Å². The number of hydrogen-bond acceptors (Lipinski definition) is 3. The van der Waals surface area contributed by atoms with Gasteiger partial charge in [-0.2, -0.15) is 0 Å². The normalized spacial score (nSPS) is 47.1. The first-order valence-corrected chi connectivity index (χ1v) is 13.5. The molecule has 0 aromatic rings. The van der Waals surface area contributed by atoms with Crippen LogP contribution in [0.3, 0.4) is 0 Å². The van der Waals surface area contributed by atoms with E-state index in [0.29, 0.717) is 29.6 Å². The number of fused-ring (bicyclic) bond motifs is 5. The smallest absolute Gasteiger partial charge is 0.331 e. The van der Waals surface area contributed by atoms with E-state index in [-0.39, 0.29) is 33.5 Å². The monoisotopic (exact) mass is 470 g/mol. The lowest BCUT2D eigenvalue weighted by Gasteiger charge is -2.70. The van der Waals surface area contributed by atoms with Crippen LogP contribution in [-0.2, 0) is 9.59 Å². The molecule has 190 valence electrons. The summed E-state index contributed by atoms with van der Waals surface area (Å²) in [5.74, 6) is 0.887.